The van der Waals surface area contributed by atoms with Crippen LogP contribution in [0.5, 0.6) is 0 Å². The molecule has 0 unspecified atom stereocenters. The number of hydrogen-bond donors (Lipinski definition) is 0. The molecule has 1 fully saturated rings. The van der Waals surface area contributed by atoms with Crippen LogP contribution in [0, 0.1) is 0 Å². The summed E-state index contributed by atoms with van der Waals surface area (Å²) in [7, 11) is 0. The van der Waals surface area contributed by atoms with E-state index in [1.807, 2.05) is 6.08 Å². The van der Waals surface area contributed by atoms with Crippen LogP contribution in [-0.2, 0) is 6.42 Å². The number of nitrogens with zero attached hydrogens (tertiary/aromatic N) is 1. The molecule has 0 atom stereocenters. The van der Waals surface area contributed by atoms with E-state index >= 15 is 0 Å². The lowest BCUT2D eigenvalue weighted by molar-refractivity contribution is 0.104. The van der Waals surface area contributed by atoms with Crippen molar-refractivity contribution in [2.24, 2.45) is 0 Å². The summed E-state index contributed by atoms with van der Waals surface area (Å²) < 4.78 is 0. The van der Waals surface area contributed by atoms with Gasteiger partial charge in [-0.15, -0.1) is 0 Å². The van der Waals surface area contributed by atoms with Gasteiger partial charge in [-0.3, -0.25) is 4.79 Å². The van der Waals surface area contributed by atoms with Crippen molar-refractivity contribution in [3.63, 3.8) is 0 Å². The van der Waals surface area contributed by atoms with Crippen molar-refractivity contribution in [1.29, 1.82) is 0 Å². The SMILES string of the molecule is O=C(/C=C/C1=C(N2CCCC2)CCc2ccccc21)c1ccc(Cl)cc1. The second kappa shape index (κ2) is 7.51. The molecule has 0 saturated carbocycles. The van der Waals surface area contributed by atoms with Gasteiger partial charge in [0.25, 0.3) is 0 Å². The van der Waals surface area contributed by atoms with Crippen LogP contribution in [0.3, 0.4) is 0 Å². The molecule has 0 N–H and O–H groups in total. The quantitative estimate of drug-likeness (QED) is 0.525. The van der Waals surface area contributed by atoms with Gasteiger partial charge >= 0.3 is 0 Å². The highest BCUT2D eigenvalue weighted by Crippen LogP contribution is 2.35. The van der Waals surface area contributed by atoms with Crippen LogP contribution in [0.15, 0.2) is 66.4 Å². The van der Waals surface area contributed by atoms with Crippen LogP contribution < -0.4 is 0 Å². The van der Waals surface area contributed by atoms with E-state index in [1.54, 1.807) is 30.3 Å². The number of likely N-dealkylation sites (tertiary alicyclic amines) is 1. The van der Waals surface area contributed by atoms with Gasteiger partial charge in [-0.05, 0) is 73.2 Å². The molecule has 1 heterocycles. The minimum Gasteiger partial charge on any atom is -0.374 e. The number of aryl methyl sites for hydroxylation is 1. The molecule has 2 aliphatic rings. The van der Waals surface area contributed by atoms with Gasteiger partial charge in [0.2, 0.25) is 0 Å². The summed E-state index contributed by atoms with van der Waals surface area (Å²) in [4.78, 5) is 15.1. The molecule has 2 nitrogen and oxygen atoms in total. The molecule has 1 aliphatic carbocycles. The van der Waals surface area contributed by atoms with Crippen molar-refractivity contribution in [1.82, 2.24) is 4.90 Å². The summed E-state index contributed by atoms with van der Waals surface area (Å²) in [6, 6.07) is 15.6. The van der Waals surface area contributed by atoms with E-state index in [-0.39, 0.29) is 5.78 Å². The highest BCUT2D eigenvalue weighted by molar-refractivity contribution is 6.30. The van der Waals surface area contributed by atoms with Crippen LogP contribution in [0.25, 0.3) is 5.57 Å². The molecule has 26 heavy (non-hydrogen) atoms. The molecular formula is C23H22ClNO. The molecule has 0 spiro atoms. The Hall–Kier alpha value is -2.32. The molecule has 1 aliphatic heterocycles. The van der Waals surface area contributed by atoms with Gasteiger partial charge < -0.3 is 4.90 Å². The number of fused-ring (bicyclic) bond motifs is 1. The summed E-state index contributed by atoms with van der Waals surface area (Å²) in [6.07, 6.45) is 8.35. The van der Waals surface area contributed by atoms with Gasteiger partial charge in [-0.1, -0.05) is 35.9 Å². The number of allylic oxidation sites excluding steroid dienone is 4. The number of carbonyl (C=O) groups excluding carboxylic acids is 1. The topological polar surface area (TPSA) is 20.3 Å². The number of rotatable bonds is 4. The van der Waals surface area contributed by atoms with Crippen LogP contribution in [0.2, 0.25) is 5.02 Å². The van der Waals surface area contributed by atoms with Gasteiger partial charge in [0.05, 0.1) is 0 Å². The Morgan fingerprint density at radius 2 is 1.69 bits per heavy atom. The maximum absolute atomic E-state index is 12.6. The lowest BCUT2D eigenvalue weighted by atomic mass is 9.87. The number of ketones is 1. The third kappa shape index (κ3) is 3.47. The summed E-state index contributed by atoms with van der Waals surface area (Å²) in [6.45, 7) is 2.25. The van der Waals surface area contributed by atoms with Gasteiger partial charge in [0.1, 0.15) is 0 Å². The standard InChI is InChI=1S/C23H22ClNO/c24-19-10-7-18(8-11-19)23(26)14-12-21-20-6-2-1-5-17(20)9-13-22(21)25-15-3-4-16-25/h1-2,5-8,10-12,14H,3-4,9,13,15-16H2/b14-12+. The van der Waals surface area contributed by atoms with E-state index in [1.165, 1.54) is 35.2 Å². The molecule has 0 bridgehead atoms. The molecule has 3 heteroatoms. The van der Waals surface area contributed by atoms with Gasteiger partial charge in [-0.25, -0.2) is 0 Å². The third-order valence-electron chi connectivity index (χ3n) is 5.27. The lowest BCUT2D eigenvalue weighted by Crippen LogP contribution is -2.22. The third-order valence-corrected chi connectivity index (χ3v) is 5.52. The first-order valence-corrected chi connectivity index (χ1v) is 9.64. The van der Waals surface area contributed by atoms with Crippen molar-refractivity contribution < 1.29 is 4.79 Å². The van der Waals surface area contributed by atoms with Gasteiger partial charge in [0, 0.05) is 34.9 Å². The molecule has 132 valence electrons. The summed E-state index contributed by atoms with van der Waals surface area (Å²) in [5.74, 6) is 0.0120. The second-order valence-electron chi connectivity index (χ2n) is 6.92. The first-order chi connectivity index (χ1) is 12.7. The zero-order valence-corrected chi connectivity index (χ0v) is 15.5. The van der Waals surface area contributed by atoms with E-state index in [0.29, 0.717) is 10.6 Å². The summed E-state index contributed by atoms with van der Waals surface area (Å²) in [5, 5.41) is 0.644. The smallest absolute Gasteiger partial charge is 0.185 e. The van der Waals surface area contributed by atoms with Gasteiger partial charge in [0.15, 0.2) is 5.78 Å². The Bertz CT molecular complexity index is 873. The normalized spacial score (nSPS) is 17.0. The molecule has 0 amide bonds. The Labute approximate surface area is 159 Å². The molecule has 2 aromatic carbocycles. The number of carbonyl (C=O) groups is 1. The minimum absolute atomic E-state index is 0.0120. The lowest BCUT2D eigenvalue weighted by Gasteiger charge is -2.29. The Kier molecular flexibility index (Phi) is 4.94. The van der Waals surface area contributed by atoms with E-state index in [2.05, 4.69) is 29.2 Å². The van der Waals surface area contributed by atoms with Gasteiger partial charge in [-0.2, -0.15) is 0 Å². The Morgan fingerprint density at radius 1 is 0.962 bits per heavy atom. The molecule has 2 aromatic rings. The van der Waals surface area contributed by atoms with E-state index < -0.39 is 0 Å². The second-order valence-corrected chi connectivity index (χ2v) is 7.35. The molecular weight excluding hydrogens is 342 g/mol. The Balaban J connectivity index is 1.69. The number of halogens is 1. The fraction of sp³-hybridized carbons (Fsp3) is 0.261. The van der Waals surface area contributed by atoms with Crippen LogP contribution in [-0.4, -0.2) is 23.8 Å². The molecule has 4 rings (SSSR count). The van der Waals surface area contributed by atoms with Crippen molar-refractivity contribution in [2.75, 3.05) is 13.1 Å². The number of hydrogen-bond acceptors (Lipinski definition) is 2. The van der Waals surface area contributed by atoms with E-state index in [9.17, 15) is 4.79 Å². The van der Waals surface area contributed by atoms with Crippen molar-refractivity contribution >= 4 is 23.0 Å². The van der Waals surface area contributed by atoms with E-state index in [4.69, 9.17) is 11.6 Å². The highest BCUT2D eigenvalue weighted by atomic mass is 35.5. The predicted octanol–water partition coefficient (Wildman–Crippen LogP) is 5.53. The minimum atomic E-state index is 0.0120. The maximum atomic E-state index is 12.6. The monoisotopic (exact) mass is 363 g/mol. The average molecular weight is 364 g/mol. The number of benzene rings is 2. The highest BCUT2D eigenvalue weighted by Gasteiger charge is 2.23. The van der Waals surface area contributed by atoms with Crippen LogP contribution >= 0.6 is 11.6 Å². The Morgan fingerprint density at radius 3 is 2.46 bits per heavy atom. The van der Waals surface area contributed by atoms with Crippen molar-refractivity contribution in [3.8, 4) is 0 Å². The van der Waals surface area contributed by atoms with Crippen molar-refractivity contribution in [2.45, 2.75) is 25.7 Å². The molecule has 1 saturated heterocycles. The fourth-order valence-electron chi connectivity index (χ4n) is 3.92. The zero-order chi connectivity index (χ0) is 17.9. The first kappa shape index (κ1) is 17.1. The van der Waals surface area contributed by atoms with Crippen LogP contribution in [0.1, 0.15) is 40.7 Å². The van der Waals surface area contributed by atoms with Crippen LogP contribution in [0.4, 0.5) is 0 Å². The fourth-order valence-corrected chi connectivity index (χ4v) is 4.04. The zero-order valence-electron chi connectivity index (χ0n) is 14.7. The predicted molar refractivity (Wildman–Crippen MR) is 107 cm³/mol. The molecule has 0 aromatic heterocycles. The van der Waals surface area contributed by atoms with E-state index in [0.717, 1.165) is 25.9 Å². The first-order valence-electron chi connectivity index (χ1n) is 9.27. The average Bonchev–Trinajstić information content (AvgIpc) is 3.21. The van der Waals surface area contributed by atoms with Crippen molar-refractivity contribution in [3.05, 3.63) is 88.1 Å². The largest absolute Gasteiger partial charge is 0.374 e. The maximum Gasteiger partial charge on any atom is 0.185 e. The summed E-state index contributed by atoms with van der Waals surface area (Å²) >= 11 is 5.92. The molecule has 0 radical (unpaired) electrons. The summed E-state index contributed by atoms with van der Waals surface area (Å²) in [5.41, 5.74) is 5.89.